The second-order valence-electron chi connectivity index (χ2n) is 4.24. The second-order valence-corrected chi connectivity index (χ2v) is 4.24. The van der Waals surface area contributed by atoms with E-state index in [-0.39, 0.29) is 0 Å². The van der Waals surface area contributed by atoms with Gasteiger partial charge in [-0.2, -0.15) is 0 Å². The van der Waals surface area contributed by atoms with Gasteiger partial charge in [-0.25, -0.2) is 0 Å². The summed E-state index contributed by atoms with van der Waals surface area (Å²) in [7, 11) is 0. The van der Waals surface area contributed by atoms with E-state index in [2.05, 4.69) is 0 Å². The van der Waals surface area contributed by atoms with E-state index in [1.54, 1.807) is 0 Å². The molecular formula is C13H26O6. The minimum Gasteiger partial charge on any atom is -0.481 e. The van der Waals surface area contributed by atoms with Crippen LogP contribution in [0.3, 0.4) is 0 Å². The van der Waals surface area contributed by atoms with Crippen LogP contribution >= 0.6 is 0 Å². The molecule has 0 saturated carbocycles. The van der Waals surface area contributed by atoms with Gasteiger partial charge < -0.3 is 20.4 Å². The fraction of sp³-hybridized carbons (Fsp3) is 0.846. The molecule has 0 aromatic heterocycles. The second kappa shape index (κ2) is 16.9. The van der Waals surface area contributed by atoms with Crippen LogP contribution in [0, 0.1) is 0 Å². The summed E-state index contributed by atoms with van der Waals surface area (Å²) in [6.45, 7) is 0.676. The zero-order chi connectivity index (χ0) is 14.9. The van der Waals surface area contributed by atoms with Gasteiger partial charge >= 0.3 is 11.9 Å². The Kier molecular flexibility index (Phi) is 17.9. The molecule has 0 aliphatic carbocycles. The molecular weight excluding hydrogens is 252 g/mol. The monoisotopic (exact) mass is 278 g/mol. The van der Waals surface area contributed by atoms with Crippen LogP contribution in [0.25, 0.3) is 0 Å². The van der Waals surface area contributed by atoms with Crippen LogP contribution < -0.4 is 0 Å². The Hall–Kier alpha value is -1.14. The molecule has 0 spiro atoms. The highest BCUT2D eigenvalue weighted by molar-refractivity contribution is 5.88. The Bertz CT molecular complexity index is 195. The third kappa shape index (κ3) is 26.5. The largest absolute Gasteiger partial charge is 0.481 e. The van der Waals surface area contributed by atoms with Crippen LogP contribution in [0.4, 0.5) is 0 Å². The van der Waals surface area contributed by atoms with Crippen LogP contribution in [0.15, 0.2) is 0 Å². The van der Waals surface area contributed by atoms with Gasteiger partial charge in [-0.15, -0.1) is 0 Å². The number of carboxylic acid groups (broad SMARTS) is 2. The van der Waals surface area contributed by atoms with Crippen molar-refractivity contribution in [1.29, 1.82) is 0 Å². The lowest BCUT2D eigenvalue weighted by atomic mass is 10.1. The summed E-state index contributed by atoms with van der Waals surface area (Å²) in [5.74, 6) is -2.62. The number of carbonyl (C=O) groups is 2. The molecule has 0 bridgehead atoms. The van der Waals surface area contributed by atoms with E-state index in [0.717, 1.165) is 25.7 Å². The minimum absolute atomic E-state index is 0.338. The molecule has 0 aromatic carbocycles. The van der Waals surface area contributed by atoms with Crippen LogP contribution in [0.1, 0.15) is 57.8 Å². The number of carboxylic acids is 2. The van der Waals surface area contributed by atoms with Gasteiger partial charge in [0.25, 0.3) is 0 Å². The lowest BCUT2D eigenvalue weighted by Gasteiger charge is -1.99. The van der Waals surface area contributed by atoms with Crippen LogP contribution in [0.5, 0.6) is 0 Å². The topological polar surface area (TPSA) is 115 Å². The number of aliphatic hydroxyl groups is 2. The van der Waals surface area contributed by atoms with Gasteiger partial charge in [0.1, 0.15) is 6.42 Å². The van der Waals surface area contributed by atoms with Crippen LogP contribution in [0.2, 0.25) is 0 Å². The molecule has 0 saturated heterocycles. The summed E-state index contributed by atoms with van der Waals surface area (Å²) < 4.78 is 0. The zero-order valence-corrected chi connectivity index (χ0v) is 11.4. The molecule has 0 unspecified atom stereocenters. The molecule has 0 aliphatic heterocycles. The molecule has 6 nitrogen and oxygen atoms in total. The molecule has 0 radical (unpaired) electrons. The van der Waals surface area contributed by atoms with Crippen molar-refractivity contribution in [3.8, 4) is 0 Å². The fourth-order valence-electron chi connectivity index (χ4n) is 1.41. The van der Waals surface area contributed by atoms with Crippen molar-refractivity contribution < 1.29 is 30.0 Å². The number of rotatable bonds is 11. The Balaban J connectivity index is 0. The van der Waals surface area contributed by atoms with Crippen LogP contribution in [-0.4, -0.2) is 45.6 Å². The summed E-state index contributed by atoms with van der Waals surface area (Å²) in [5, 5.41) is 32.4. The van der Waals surface area contributed by atoms with E-state index < -0.39 is 18.4 Å². The van der Waals surface area contributed by atoms with E-state index in [9.17, 15) is 9.59 Å². The smallest absolute Gasteiger partial charge is 0.314 e. The molecule has 0 heterocycles. The number of hydrogen-bond donors (Lipinski definition) is 4. The lowest BCUT2D eigenvalue weighted by Crippen LogP contribution is -2.03. The van der Waals surface area contributed by atoms with Gasteiger partial charge in [0.2, 0.25) is 0 Å². The Morgan fingerprint density at radius 1 is 0.579 bits per heavy atom. The molecule has 0 amide bonds. The Morgan fingerprint density at radius 3 is 1.00 bits per heavy atom. The molecule has 114 valence electrons. The van der Waals surface area contributed by atoms with E-state index in [1.165, 1.54) is 25.7 Å². The number of aliphatic hydroxyl groups excluding tert-OH is 2. The van der Waals surface area contributed by atoms with Crippen molar-refractivity contribution in [1.82, 2.24) is 0 Å². The van der Waals surface area contributed by atoms with Gasteiger partial charge in [0.15, 0.2) is 0 Å². The van der Waals surface area contributed by atoms with E-state index >= 15 is 0 Å². The Morgan fingerprint density at radius 2 is 0.842 bits per heavy atom. The third-order valence-electron chi connectivity index (χ3n) is 2.37. The first kappa shape index (κ1) is 20.2. The van der Waals surface area contributed by atoms with Gasteiger partial charge in [-0.05, 0) is 12.8 Å². The number of aliphatic carboxylic acids is 2. The van der Waals surface area contributed by atoms with E-state index in [1.807, 2.05) is 0 Å². The van der Waals surface area contributed by atoms with Gasteiger partial charge in [0.05, 0.1) is 0 Å². The quantitative estimate of drug-likeness (QED) is 0.337. The summed E-state index contributed by atoms with van der Waals surface area (Å²) in [4.78, 5) is 18.9. The molecule has 0 aliphatic rings. The average molecular weight is 278 g/mol. The number of hydrogen-bond acceptors (Lipinski definition) is 4. The van der Waals surface area contributed by atoms with Crippen molar-refractivity contribution >= 4 is 11.9 Å². The highest BCUT2D eigenvalue weighted by atomic mass is 16.4. The maximum absolute atomic E-state index is 9.43. The third-order valence-corrected chi connectivity index (χ3v) is 2.37. The molecule has 0 atom stereocenters. The molecule has 0 fully saturated rings. The predicted octanol–water partition coefficient (Wildman–Crippen LogP) is 1.64. The van der Waals surface area contributed by atoms with Gasteiger partial charge in [-0.1, -0.05) is 38.5 Å². The molecule has 0 aromatic rings. The van der Waals surface area contributed by atoms with Crippen LogP contribution in [-0.2, 0) is 9.59 Å². The molecule has 19 heavy (non-hydrogen) atoms. The summed E-state index contributed by atoms with van der Waals surface area (Å²) >= 11 is 0. The maximum atomic E-state index is 9.43. The van der Waals surface area contributed by atoms with Crippen molar-refractivity contribution in [3.05, 3.63) is 0 Å². The first-order valence-electron chi connectivity index (χ1n) is 6.70. The highest BCUT2D eigenvalue weighted by Crippen LogP contribution is 2.07. The van der Waals surface area contributed by atoms with Gasteiger partial charge in [-0.3, -0.25) is 9.59 Å². The first-order chi connectivity index (χ1) is 9.04. The van der Waals surface area contributed by atoms with E-state index in [4.69, 9.17) is 20.4 Å². The normalized spacial score (nSPS) is 9.58. The minimum atomic E-state index is -1.31. The first-order valence-corrected chi connectivity index (χ1v) is 6.70. The Labute approximate surface area is 114 Å². The standard InChI is InChI=1S/C10H22O2.C3H4O4/c11-9-7-5-3-1-2-4-6-8-10-12;4-2(5)1-3(6)7/h11-12H,1-10H2;1H2,(H,4,5)(H,6,7). The molecule has 4 N–H and O–H groups in total. The fourth-order valence-corrected chi connectivity index (χ4v) is 1.41. The lowest BCUT2D eigenvalue weighted by molar-refractivity contribution is -0.147. The van der Waals surface area contributed by atoms with E-state index in [0.29, 0.717) is 13.2 Å². The van der Waals surface area contributed by atoms with Crippen molar-refractivity contribution in [3.63, 3.8) is 0 Å². The number of unbranched alkanes of at least 4 members (excludes halogenated alkanes) is 7. The summed E-state index contributed by atoms with van der Waals surface area (Å²) in [5.41, 5.74) is 0. The summed E-state index contributed by atoms with van der Waals surface area (Å²) in [6.07, 6.45) is 8.50. The summed E-state index contributed by atoms with van der Waals surface area (Å²) in [6, 6.07) is 0. The van der Waals surface area contributed by atoms with Crippen molar-refractivity contribution in [2.24, 2.45) is 0 Å². The SMILES string of the molecule is O=C(O)CC(=O)O.OCCCCCCCCCCO. The highest BCUT2D eigenvalue weighted by Gasteiger charge is 2.01. The van der Waals surface area contributed by atoms with Crippen molar-refractivity contribution in [2.75, 3.05) is 13.2 Å². The predicted molar refractivity (Wildman–Crippen MR) is 71.0 cm³/mol. The van der Waals surface area contributed by atoms with Gasteiger partial charge in [0, 0.05) is 13.2 Å². The average Bonchev–Trinajstić information content (AvgIpc) is 2.32. The molecule has 6 heteroatoms. The molecule has 0 rings (SSSR count). The van der Waals surface area contributed by atoms with Crippen molar-refractivity contribution in [2.45, 2.75) is 57.8 Å². The zero-order valence-electron chi connectivity index (χ0n) is 11.4. The maximum Gasteiger partial charge on any atom is 0.314 e.